The lowest BCUT2D eigenvalue weighted by atomic mass is 9.96. The maximum Gasteiger partial charge on any atom is 0.231 e. The van der Waals surface area contributed by atoms with Gasteiger partial charge in [0.15, 0.2) is 0 Å². The number of benzene rings is 2. The minimum Gasteiger partial charge on any atom is -0.492 e. The first kappa shape index (κ1) is 14.0. The quantitative estimate of drug-likeness (QED) is 0.915. The fourth-order valence-corrected chi connectivity index (χ4v) is 2.59. The monoisotopic (exact) mass is 301 g/mol. The van der Waals surface area contributed by atoms with Crippen LogP contribution in [0, 0.1) is 12.8 Å². The fourth-order valence-electron chi connectivity index (χ4n) is 2.41. The summed E-state index contributed by atoms with van der Waals surface area (Å²) in [5, 5.41) is 3.56. The highest BCUT2D eigenvalue weighted by molar-refractivity contribution is 6.31. The maximum atomic E-state index is 12.3. The fraction of sp³-hybridized carbons (Fsp3) is 0.235. The molecule has 0 spiro atoms. The van der Waals surface area contributed by atoms with Crippen LogP contribution in [0.15, 0.2) is 42.5 Å². The SMILES string of the molecule is Cc1ccc(NC(=O)[C@H]2COc3ccccc3C2)cc1Cl. The van der Waals surface area contributed by atoms with Crippen molar-refractivity contribution in [2.24, 2.45) is 5.92 Å². The molecule has 1 aliphatic rings. The van der Waals surface area contributed by atoms with Gasteiger partial charge >= 0.3 is 0 Å². The van der Waals surface area contributed by atoms with Gasteiger partial charge in [0.25, 0.3) is 0 Å². The number of hydrogen-bond acceptors (Lipinski definition) is 2. The minimum absolute atomic E-state index is 0.0376. The molecule has 0 bridgehead atoms. The molecule has 2 aromatic rings. The maximum absolute atomic E-state index is 12.3. The molecule has 21 heavy (non-hydrogen) atoms. The zero-order valence-corrected chi connectivity index (χ0v) is 12.5. The highest BCUT2D eigenvalue weighted by Gasteiger charge is 2.25. The van der Waals surface area contributed by atoms with Crippen molar-refractivity contribution >= 4 is 23.2 Å². The van der Waals surface area contributed by atoms with Gasteiger partial charge < -0.3 is 10.1 Å². The van der Waals surface area contributed by atoms with Crippen LogP contribution in [0.3, 0.4) is 0 Å². The van der Waals surface area contributed by atoms with Crippen LogP contribution in [-0.4, -0.2) is 12.5 Å². The molecule has 0 saturated heterocycles. The van der Waals surface area contributed by atoms with Crippen molar-refractivity contribution < 1.29 is 9.53 Å². The average molecular weight is 302 g/mol. The Kier molecular flexibility index (Phi) is 3.84. The van der Waals surface area contributed by atoms with E-state index in [0.29, 0.717) is 18.1 Å². The molecule has 108 valence electrons. The van der Waals surface area contributed by atoms with Gasteiger partial charge in [0, 0.05) is 10.7 Å². The highest BCUT2D eigenvalue weighted by atomic mass is 35.5. The van der Waals surface area contributed by atoms with E-state index in [4.69, 9.17) is 16.3 Å². The van der Waals surface area contributed by atoms with Gasteiger partial charge in [-0.3, -0.25) is 4.79 Å². The van der Waals surface area contributed by atoms with Gasteiger partial charge in [0.2, 0.25) is 5.91 Å². The van der Waals surface area contributed by atoms with E-state index in [1.807, 2.05) is 43.3 Å². The third kappa shape index (κ3) is 3.03. The number of anilines is 1. The smallest absolute Gasteiger partial charge is 0.231 e. The zero-order chi connectivity index (χ0) is 14.8. The van der Waals surface area contributed by atoms with Crippen LogP contribution in [0.4, 0.5) is 5.69 Å². The molecule has 2 aromatic carbocycles. The largest absolute Gasteiger partial charge is 0.492 e. The van der Waals surface area contributed by atoms with Crippen LogP contribution in [0.1, 0.15) is 11.1 Å². The molecule has 0 fully saturated rings. The van der Waals surface area contributed by atoms with E-state index in [-0.39, 0.29) is 11.8 Å². The number of hydrogen-bond donors (Lipinski definition) is 1. The van der Waals surface area contributed by atoms with Gasteiger partial charge in [-0.15, -0.1) is 0 Å². The predicted octanol–water partition coefficient (Wildman–Crippen LogP) is 3.84. The first-order valence-corrected chi connectivity index (χ1v) is 7.29. The van der Waals surface area contributed by atoms with Crippen molar-refractivity contribution in [3.05, 3.63) is 58.6 Å². The minimum atomic E-state index is -0.181. The first-order chi connectivity index (χ1) is 10.1. The molecule has 1 atom stereocenters. The van der Waals surface area contributed by atoms with E-state index in [1.165, 1.54) is 0 Å². The van der Waals surface area contributed by atoms with E-state index in [0.717, 1.165) is 22.6 Å². The topological polar surface area (TPSA) is 38.3 Å². The Bertz CT molecular complexity index is 684. The summed E-state index contributed by atoms with van der Waals surface area (Å²) in [5.74, 6) is 0.657. The summed E-state index contributed by atoms with van der Waals surface area (Å²) >= 11 is 6.07. The van der Waals surface area contributed by atoms with E-state index in [9.17, 15) is 4.79 Å². The molecule has 1 aliphatic heterocycles. The summed E-state index contributed by atoms with van der Waals surface area (Å²) in [6.45, 7) is 2.34. The van der Waals surface area contributed by atoms with Gasteiger partial charge in [0.05, 0.1) is 5.92 Å². The predicted molar refractivity (Wildman–Crippen MR) is 83.9 cm³/mol. The van der Waals surface area contributed by atoms with Gasteiger partial charge in [-0.1, -0.05) is 35.9 Å². The molecule has 3 nitrogen and oxygen atoms in total. The van der Waals surface area contributed by atoms with Crippen molar-refractivity contribution in [1.29, 1.82) is 0 Å². The van der Waals surface area contributed by atoms with Crippen molar-refractivity contribution in [3.63, 3.8) is 0 Å². The van der Waals surface area contributed by atoms with Crippen LogP contribution < -0.4 is 10.1 Å². The normalized spacial score (nSPS) is 16.8. The van der Waals surface area contributed by atoms with E-state index >= 15 is 0 Å². The molecule has 0 aromatic heterocycles. The lowest BCUT2D eigenvalue weighted by Crippen LogP contribution is -2.32. The zero-order valence-electron chi connectivity index (χ0n) is 11.7. The number of para-hydroxylation sites is 1. The van der Waals surface area contributed by atoms with E-state index in [2.05, 4.69) is 5.32 Å². The van der Waals surface area contributed by atoms with Crippen LogP contribution in [-0.2, 0) is 11.2 Å². The summed E-state index contributed by atoms with van der Waals surface area (Å²) in [6.07, 6.45) is 0.696. The summed E-state index contributed by atoms with van der Waals surface area (Å²) in [5.41, 5.74) is 2.78. The number of ether oxygens (including phenoxy) is 1. The van der Waals surface area contributed by atoms with Gasteiger partial charge in [0.1, 0.15) is 12.4 Å². The van der Waals surface area contributed by atoms with Crippen LogP contribution in [0.5, 0.6) is 5.75 Å². The summed E-state index contributed by atoms with van der Waals surface area (Å²) in [6, 6.07) is 13.4. The number of carbonyl (C=O) groups is 1. The number of aryl methyl sites for hydroxylation is 1. The Hall–Kier alpha value is -2.00. The van der Waals surface area contributed by atoms with E-state index < -0.39 is 0 Å². The van der Waals surface area contributed by atoms with Crippen molar-refractivity contribution in [3.8, 4) is 5.75 Å². The number of fused-ring (bicyclic) bond motifs is 1. The number of carbonyl (C=O) groups excluding carboxylic acids is 1. The van der Waals surface area contributed by atoms with Crippen LogP contribution in [0.2, 0.25) is 5.02 Å². The third-order valence-electron chi connectivity index (χ3n) is 3.69. The van der Waals surface area contributed by atoms with Gasteiger partial charge in [-0.25, -0.2) is 0 Å². The molecule has 4 heteroatoms. The second-order valence-electron chi connectivity index (χ2n) is 5.27. The number of amides is 1. The second-order valence-corrected chi connectivity index (χ2v) is 5.68. The standard InChI is InChI=1S/C17H16ClNO2/c1-11-6-7-14(9-15(11)18)19-17(20)13-8-12-4-2-3-5-16(12)21-10-13/h2-7,9,13H,8,10H2,1H3,(H,19,20)/t13-/m1/s1. The summed E-state index contributed by atoms with van der Waals surface area (Å²) in [7, 11) is 0. The molecule has 0 unspecified atom stereocenters. The third-order valence-corrected chi connectivity index (χ3v) is 4.10. The second kappa shape index (κ2) is 5.78. The Morgan fingerprint density at radius 2 is 2.10 bits per heavy atom. The van der Waals surface area contributed by atoms with Crippen LogP contribution >= 0.6 is 11.6 Å². The number of nitrogens with one attached hydrogen (secondary N) is 1. The molecule has 1 heterocycles. The number of rotatable bonds is 2. The number of halogens is 1. The molecular formula is C17H16ClNO2. The lowest BCUT2D eigenvalue weighted by Gasteiger charge is -2.24. The molecule has 0 radical (unpaired) electrons. The lowest BCUT2D eigenvalue weighted by molar-refractivity contribution is -0.121. The van der Waals surface area contributed by atoms with Gasteiger partial charge in [-0.05, 0) is 42.7 Å². The van der Waals surface area contributed by atoms with Crippen molar-refractivity contribution in [2.75, 3.05) is 11.9 Å². The molecule has 0 aliphatic carbocycles. The molecule has 0 saturated carbocycles. The van der Waals surface area contributed by atoms with Crippen molar-refractivity contribution in [1.82, 2.24) is 0 Å². The van der Waals surface area contributed by atoms with Crippen molar-refractivity contribution in [2.45, 2.75) is 13.3 Å². The Labute approximate surface area is 128 Å². The average Bonchev–Trinajstić information content (AvgIpc) is 2.50. The van der Waals surface area contributed by atoms with Crippen LogP contribution in [0.25, 0.3) is 0 Å². The van der Waals surface area contributed by atoms with Gasteiger partial charge in [-0.2, -0.15) is 0 Å². The summed E-state index contributed by atoms with van der Waals surface area (Å²) < 4.78 is 5.65. The highest BCUT2D eigenvalue weighted by Crippen LogP contribution is 2.28. The molecule has 1 N–H and O–H groups in total. The molecule has 3 rings (SSSR count). The first-order valence-electron chi connectivity index (χ1n) is 6.91. The Morgan fingerprint density at radius 1 is 1.29 bits per heavy atom. The Balaban J connectivity index is 1.70. The summed E-state index contributed by atoms with van der Waals surface area (Å²) in [4.78, 5) is 12.3. The molecule has 1 amide bonds. The van der Waals surface area contributed by atoms with E-state index in [1.54, 1.807) is 6.07 Å². The Morgan fingerprint density at radius 3 is 2.90 bits per heavy atom. The molecular weight excluding hydrogens is 286 g/mol.